The quantitative estimate of drug-likeness (QED) is 0.159. The number of fused-ring (bicyclic) bond motifs is 2. The van der Waals surface area contributed by atoms with Crippen LogP contribution in [0.1, 0.15) is 116 Å². The number of aryl methyl sites for hydroxylation is 3. The highest BCUT2D eigenvalue weighted by atomic mass is 16.6. The molecule has 56 heavy (non-hydrogen) atoms. The second-order valence-electron chi connectivity index (χ2n) is 17.2. The average Bonchev–Trinajstić information content (AvgIpc) is 3.84. The van der Waals surface area contributed by atoms with Crippen molar-refractivity contribution in [3.63, 3.8) is 0 Å². The summed E-state index contributed by atoms with van der Waals surface area (Å²) in [4.78, 5) is 41.3. The summed E-state index contributed by atoms with van der Waals surface area (Å²) in [5.41, 5.74) is 3.54. The maximum Gasteiger partial charge on any atom is 0.410 e. The van der Waals surface area contributed by atoms with E-state index >= 15 is 0 Å². The van der Waals surface area contributed by atoms with Crippen LogP contribution in [0.15, 0.2) is 42.6 Å². The number of nitrogens with one attached hydrogen (secondary N) is 1. The largest absolute Gasteiger partial charge is 0.444 e. The molecule has 3 aromatic rings. The molecule has 3 aromatic heterocycles. The first-order chi connectivity index (χ1) is 26.8. The molecule has 0 saturated carbocycles. The van der Waals surface area contributed by atoms with Gasteiger partial charge in [0, 0.05) is 55.8 Å². The molecule has 0 bridgehead atoms. The molecule has 6 heterocycles. The van der Waals surface area contributed by atoms with Crippen molar-refractivity contribution < 1.29 is 28.5 Å². The van der Waals surface area contributed by atoms with Crippen LogP contribution in [-0.2, 0) is 38.2 Å². The summed E-state index contributed by atoms with van der Waals surface area (Å²) < 4.78 is 22.8. The van der Waals surface area contributed by atoms with Crippen LogP contribution >= 0.6 is 0 Å². The third-order valence-corrected chi connectivity index (χ3v) is 9.93. The lowest BCUT2D eigenvalue weighted by Gasteiger charge is -2.24. The molecule has 2 fully saturated rings. The summed E-state index contributed by atoms with van der Waals surface area (Å²) >= 11 is 0. The highest BCUT2D eigenvalue weighted by molar-refractivity contribution is 5.74. The Kier molecular flexibility index (Phi) is 16.1. The highest BCUT2D eigenvalue weighted by Crippen LogP contribution is 2.22. The van der Waals surface area contributed by atoms with E-state index in [0.717, 1.165) is 119 Å². The van der Waals surface area contributed by atoms with Crippen LogP contribution in [0.2, 0.25) is 0 Å². The van der Waals surface area contributed by atoms with Gasteiger partial charge in [-0.3, -0.25) is 0 Å². The second kappa shape index (κ2) is 20.9. The minimum atomic E-state index is -0.452. The number of carbonyl (C=O) groups excluding carboxylic acids is 2. The Morgan fingerprint density at radius 2 is 1.30 bits per heavy atom. The van der Waals surface area contributed by atoms with E-state index in [0.29, 0.717) is 19.6 Å². The van der Waals surface area contributed by atoms with E-state index in [-0.39, 0.29) is 24.4 Å². The normalized spacial score (nSPS) is 18.2. The lowest BCUT2D eigenvalue weighted by Crippen LogP contribution is -2.36. The van der Waals surface area contributed by atoms with Crippen molar-refractivity contribution >= 4 is 29.0 Å². The number of aromatic nitrogens is 3. The molecule has 2 amide bonds. The van der Waals surface area contributed by atoms with Crippen LogP contribution < -0.4 is 5.32 Å². The number of anilines is 1. The van der Waals surface area contributed by atoms with Crippen LogP contribution in [0.3, 0.4) is 0 Å². The number of nitrogens with zero attached hydrogens (tertiary/aromatic N) is 5. The summed E-state index contributed by atoms with van der Waals surface area (Å²) in [7, 11) is 0. The van der Waals surface area contributed by atoms with Crippen LogP contribution in [0.5, 0.6) is 0 Å². The number of rotatable bonds is 14. The highest BCUT2D eigenvalue weighted by Gasteiger charge is 2.31. The first-order valence-electron chi connectivity index (χ1n) is 20.9. The Morgan fingerprint density at radius 3 is 1.89 bits per heavy atom. The molecule has 0 aromatic carbocycles. The SMILES string of the molecule is CC(C)(C)OC(=O)N1CC[C@@H](OCCCCCc2ccc3c(n2)NCCC3)C1.CC(C)(C)OC(=O)N1CC[C@@H](OCCCCCc2ccc3cccnc3n2)C1. The maximum absolute atomic E-state index is 12.1. The Bertz CT molecular complexity index is 1690. The zero-order valence-corrected chi connectivity index (χ0v) is 34.8. The summed E-state index contributed by atoms with van der Waals surface area (Å²) in [6, 6.07) is 12.5. The molecule has 3 aliphatic heterocycles. The first-order valence-corrected chi connectivity index (χ1v) is 20.9. The summed E-state index contributed by atoms with van der Waals surface area (Å²) in [6.07, 6.45) is 14.2. The third-order valence-electron chi connectivity index (χ3n) is 9.93. The Hall–Kier alpha value is -4.03. The molecule has 12 heteroatoms. The number of likely N-dealkylation sites (tertiary alicyclic amines) is 2. The lowest BCUT2D eigenvalue weighted by atomic mass is 10.1. The van der Waals surface area contributed by atoms with E-state index in [1.165, 1.54) is 17.7 Å². The van der Waals surface area contributed by atoms with Crippen LogP contribution in [0.4, 0.5) is 15.4 Å². The van der Waals surface area contributed by atoms with Gasteiger partial charge in [-0.05, 0) is 142 Å². The number of amides is 2. The minimum absolute atomic E-state index is 0.126. The lowest BCUT2D eigenvalue weighted by molar-refractivity contribution is 0.0200. The Labute approximate surface area is 334 Å². The van der Waals surface area contributed by atoms with Crippen molar-refractivity contribution in [2.24, 2.45) is 0 Å². The van der Waals surface area contributed by atoms with Gasteiger partial charge in [0.15, 0.2) is 5.65 Å². The Morgan fingerprint density at radius 1 is 0.732 bits per heavy atom. The van der Waals surface area contributed by atoms with E-state index in [1.807, 2.05) is 53.7 Å². The van der Waals surface area contributed by atoms with E-state index < -0.39 is 11.2 Å². The first kappa shape index (κ1) is 43.1. The van der Waals surface area contributed by atoms with Crippen molar-refractivity contribution in [1.29, 1.82) is 0 Å². The monoisotopic (exact) mass is 775 g/mol. The van der Waals surface area contributed by atoms with Gasteiger partial charge in [-0.15, -0.1) is 0 Å². The molecule has 12 nitrogen and oxygen atoms in total. The molecule has 1 N–H and O–H groups in total. The number of hydrogen-bond donors (Lipinski definition) is 1. The Balaban J connectivity index is 0.000000214. The predicted octanol–water partition coefficient (Wildman–Crippen LogP) is 8.55. The van der Waals surface area contributed by atoms with Crippen molar-refractivity contribution in [3.8, 4) is 0 Å². The standard InChI is InChI=1S/C22H35N3O3.C22H31N3O3/c2*1-22(2,3)28-21(26)25-14-12-19(16-25)27-15-6-4-5-9-18-11-10-17-8-7-13-23-20(17)24-18/h10-11,19H,4-9,12-16H2,1-3H3,(H,23,24);7-8,10-11,13,19H,4-6,9,12,14-16H2,1-3H3/t2*19-/m11/s1. The van der Waals surface area contributed by atoms with Gasteiger partial charge in [-0.2, -0.15) is 0 Å². The smallest absolute Gasteiger partial charge is 0.410 e. The summed E-state index contributed by atoms with van der Waals surface area (Å²) in [6.45, 7) is 16.6. The third kappa shape index (κ3) is 14.8. The van der Waals surface area contributed by atoms with Crippen LogP contribution in [-0.4, -0.2) is 106 Å². The zero-order chi connectivity index (χ0) is 40.0. The van der Waals surface area contributed by atoms with Gasteiger partial charge in [0.1, 0.15) is 17.0 Å². The van der Waals surface area contributed by atoms with Gasteiger partial charge >= 0.3 is 12.2 Å². The summed E-state index contributed by atoms with van der Waals surface area (Å²) in [5, 5.41) is 4.48. The molecular weight excluding hydrogens is 709 g/mol. The van der Waals surface area contributed by atoms with Crippen LogP contribution in [0.25, 0.3) is 11.0 Å². The van der Waals surface area contributed by atoms with Gasteiger partial charge in [-0.1, -0.05) is 18.9 Å². The molecule has 308 valence electrons. The number of ether oxygens (including phenoxy) is 4. The maximum atomic E-state index is 12.1. The van der Waals surface area contributed by atoms with Gasteiger partial charge in [0.25, 0.3) is 0 Å². The predicted molar refractivity (Wildman–Crippen MR) is 220 cm³/mol. The van der Waals surface area contributed by atoms with E-state index in [4.69, 9.17) is 23.9 Å². The van der Waals surface area contributed by atoms with Crippen molar-refractivity contribution in [1.82, 2.24) is 24.8 Å². The summed E-state index contributed by atoms with van der Waals surface area (Å²) in [5.74, 6) is 1.09. The molecule has 0 radical (unpaired) electrons. The molecule has 6 rings (SSSR count). The molecule has 0 spiro atoms. The fraction of sp³-hybridized carbons (Fsp3) is 0.659. The average molecular weight is 775 g/mol. The topological polar surface area (TPSA) is 128 Å². The number of pyridine rings is 3. The number of unbranched alkanes of at least 4 members (excludes halogenated alkanes) is 4. The molecular formula is C44H66N6O6. The van der Waals surface area contributed by atoms with Gasteiger partial charge < -0.3 is 34.1 Å². The fourth-order valence-corrected chi connectivity index (χ4v) is 7.02. The van der Waals surface area contributed by atoms with Crippen molar-refractivity contribution in [2.75, 3.05) is 51.3 Å². The van der Waals surface area contributed by atoms with Gasteiger partial charge in [0.05, 0.1) is 25.3 Å². The van der Waals surface area contributed by atoms with Gasteiger partial charge in [-0.25, -0.2) is 24.5 Å². The number of hydrogen-bond acceptors (Lipinski definition) is 10. The second-order valence-corrected chi connectivity index (χ2v) is 17.2. The zero-order valence-electron chi connectivity index (χ0n) is 34.8. The molecule has 0 aliphatic carbocycles. The molecule has 2 saturated heterocycles. The molecule has 0 unspecified atom stereocenters. The molecule has 2 atom stereocenters. The van der Waals surface area contributed by atoms with Crippen molar-refractivity contribution in [3.05, 3.63) is 59.5 Å². The van der Waals surface area contributed by atoms with E-state index in [2.05, 4.69) is 39.6 Å². The van der Waals surface area contributed by atoms with Crippen LogP contribution in [0, 0.1) is 0 Å². The van der Waals surface area contributed by atoms with Crippen molar-refractivity contribution in [2.45, 2.75) is 142 Å². The fourth-order valence-electron chi connectivity index (χ4n) is 7.02. The van der Waals surface area contributed by atoms with E-state index in [1.54, 1.807) is 16.0 Å². The van der Waals surface area contributed by atoms with Gasteiger partial charge in [0.2, 0.25) is 0 Å². The molecule has 3 aliphatic rings. The minimum Gasteiger partial charge on any atom is -0.444 e. The van der Waals surface area contributed by atoms with E-state index in [9.17, 15) is 9.59 Å². The number of carbonyl (C=O) groups is 2.